The Morgan fingerprint density at radius 1 is 1.00 bits per heavy atom. The van der Waals surface area contributed by atoms with Crippen molar-refractivity contribution in [2.24, 2.45) is 5.92 Å². The number of alkyl halides is 1. The molecule has 1 N–H and O–H groups in total. The van der Waals surface area contributed by atoms with E-state index >= 15 is 0 Å². The maximum atomic E-state index is 13.3. The number of likely N-dealkylation sites (tertiary alicyclic amines) is 1. The van der Waals surface area contributed by atoms with E-state index in [-0.39, 0.29) is 11.8 Å². The molecule has 0 bridgehead atoms. The van der Waals surface area contributed by atoms with Gasteiger partial charge in [-0.1, -0.05) is 37.3 Å². The Hall–Kier alpha value is -2.53. The van der Waals surface area contributed by atoms with Gasteiger partial charge in [0.25, 0.3) is 5.91 Å². The molecule has 2 aliphatic heterocycles. The normalized spacial score (nSPS) is 18.1. The molecule has 31 heavy (non-hydrogen) atoms. The van der Waals surface area contributed by atoms with Gasteiger partial charge in [0.15, 0.2) is 0 Å². The summed E-state index contributed by atoms with van der Waals surface area (Å²) < 4.78 is 0. The second-order valence-electron chi connectivity index (χ2n) is 8.66. The second kappa shape index (κ2) is 9.73. The highest BCUT2D eigenvalue weighted by Gasteiger charge is 2.26. The summed E-state index contributed by atoms with van der Waals surface area (Å²) >= 11 is 6.38. The summed E-state index contributed by atoms with van der Waals surface area (Å²) in [6.45, 7) is 5.77. The van der Waals surface area contributed by atoms with Crippen LogP contribution in [0.5, 0.6) is 0 Å². The van der Waals surface area contributed by atoms with E-state index < -0.39 is 5.38 Å². The zero-order valence-electron chi connectivity index (χ0n) is 18.0. The van der Waals surface area contributed by atoms with Crippen molar-refractivity contribution in [1.29, 1.82) is 0 Å². The second-order valence-corrected chi connectivity index (χ2v) is 9.10. The van der Waals surface area contributed by atoms with Gasteiger partial charge in [-0.3, -0.25) is 9.59 Å². The van der Waals surface area contributed by atoms with Crippen molar-refractivity contribution in [2.45, 2.75) is 38.0 Å². The molecule has 0 aliphatic carbocycles. The van der Waals surface area contributed by atoms with Gasteiger partial charge in [-0.15, -0.1) is 11.6 Å². The summed E-state index contributed by atoms with van der Waals surface area (Å²) in [5, 5.41) is 2.11. The summed E-state index contributed by atoms with van der Waals surface area (Å²) in [7, 11) is 0. The Labute approximate surface area is 189 Å². The van der Waals surface area contributed by atoms with Gasteiger partial charge in [0, 0.05) is 37.6 Å². The van der Waals surface area contributed by atoms with Crippen LogP contribution in [0.1, 0.15) is 53.9 Å². The van der Waals surface area contributed by atoms with E-state index in [0.717, 1.165) is 63.1 Å². The first-order valence-electron chi connectivity index (χ1n) is 11.2. The molecule has 5 nitrogen and oxygen atoms in total. The third kappa shape index (κ3) is 5.04. The molecular weight excluding hydrogens is 410 g/mol. The third-order valence-corrected chi connectivity index (χ3v) is 6.78. The average Bonchev–Trinajstić information content (AvgIpc) is 3.34. The van der Waals surface area contributed by atoms with Crippen LogP contribution < -0.4 is 10.2 Å². The molecule has 4 rings (SSSR count). The minimum absolute atomic E-state index is 0.0488. The van der Waals surface area contributed by atoms with Crippen molar-refractivity contribution in [3.05, 3.63) is 59.7 Å². The van der Waals surface area contributed by atoms with Crippen LogP contribution in [0.25, 0.3) is 0 Å². The number of piperidine rings is 1. The predicted molar refractivity (Wildman–Crippen MR) is 126 cm³/mol. The molecule has 2 aromatic rings. The van der Waals surface area contributed by atoms with Gasteiger partial charge in [0.2, 0.25) is 5.91 Å². The van der Waals surface area contributed by atoms with E-state index in [2.05, 4.69) is 17.1 Å². The molecule has 1 unspecified atom stereocenters. The number of carbonyl (C=O) groups excluding carboxylic acids is 2. The zero-order valence-corrected chi connectivity index (χ0v) is 18.8. The maximum absolute atomic E-state index is 13.3. The van der Waals surface area contributed by atoms with E-state index in [1.54, 1.807) is 0 Å². The first-order chi connectivity index (χ1) is 15.0. The van der Waals surface area contributed by atoms with Gasteiger partial charge in [-0.25, -0.2) is 0 Å². The van der Waals surface area contributed by atoms with Crippen molar-refractivity contribution in [3.63, 3.8) is 0 Å². The van der Waals surface area contributed by atoms with Crippen LogP contribution in [0.3, 0.4) is 0 Å². The fourth-order valence-electron chi connectivity index (χ4n) is 4.38. The fourth-order valence-corrected chi connectivity index (χ4v) is 4.58. The van der Waals surface area contributed by atoms with Gasteiger partial charge in [-0.05, 0) is 55.4 Å². The first-order valence-corrected chi connectivity index (χ1v) is 11.6. The first kappa shape index (κ1) is 21.7. The Balaban J connectivity index is 1.58. The summed E-state index contributed by atoms with van der Waals surface area (Å²) in [6.07, 6.45) is 4.34. The van der Waals surface area contributed by atoms with E-state index in [1.165, 1.54) is 0 Å². The van der Waals surface area contributed by atoms with Crippen LogP contribution in [-0.2, 0) is 4.79 Å². The van der Waals surface area contributed by atoms with Crippen molar-refractivity contribution in [1.82, 2.24) is 4.90 Å². The Bertz CT molecular complexity index is 920. The largest absolute Gasteiger partial charge is 0.371 e. The van der Waals surface area contributed by atoms with E-state index in [1.807, 2.05) is 53.4 Å². The lowest BCUT2D eigenvalue weighted by molar-refractivity contribution is -0.116. The van der Waals surface area contributed by atoms with Gasteiger partial charge < -0.3 is 15.1 Å². The molecule has 0 saturated carbocycles. The van der Waals surface area contributed by atoms with Crippen LogP contribution in [0, 0.1) is 5.92 Å². The lowest BCUT2D eigenvalue weighted by atomic mass is 9.97. The highest BCUT2D eigenvalue weighted by atomic mass is 35.5. The molecular formula is C25H30ClN3O2. The molecule has 2 aliphatic rings. The standard InChI is InChI=1S/C25H30ClN3O2/c1-18-11-15-28(16-12-18)22-10-9-20(17-21(22)25(31)29-13-5-6-14-29)27-24(30)23(26)19-7-3-2-4-8-19/h2-4,7-10,17-18,23H,5-6,11-16H2,1H3,(H,27,30). The molecule has 0 radical (unpaired) electrons. The van der Waals surface area contributed by atoms with Gasteiger partial charge in [-0.2, -0.15) is 0 Å². The number of amides is 2. The number of benzene rings is 2. The van der Waals surface area contributed by atoms with Crippen LogP contribution in [0.4, 0.5) is 11.4 Å². The number of rotatable bonds is 5. The molecule has 6 heteroatoms. The number of halogens is 1. The molecule has 2 amide bonds. The average molecular weight is 440 g/mol. The van der Waals surface area contributed by atoms with E-state index in [9.17, 15) is 9.59 Å². The quantitative estimate of drug-likeness (QED) is 0.661. The van der Waals surface area contributed by atoms with Crippen LogP contribution in [0.2, 0.25) is 0 Å². The molecule has 0 aromatic heterocycles. The summed E-state index contributed by atoms with van der Waals surface area (Å²) in [5.41, 5.74) is 2.98. The summed E-state index contributed by atoms with van der Waals surface area (Å²) in [4.78, 5) is 30.3. The minimum atomic E-state index is -0.790. The number of hydrogen-bond acceptors (Lipinski definition) is 3. The smallest absolute Gasteiger partial charge is 0.256 e. The molecule has 2 fully saturated rings. The predicted octanol–water partition coefficient (Wildman–Crippen LogP) is 5.08. The van der Waals surface area contributed by atoms with Crippen molar-refractivity contribution in [2.75, 3.05) is 36.4 Å². The topological polar surface area (TPSA) is 52.7 Å². The van der Waals surface area contributed by atoms with E-state index in [4.69, 9.17) is 11.6 Å². The van der Waals surface area contributed by atoms with Gasteiger partial charge in [0.05, 0.1) is 5.56 Å². The summed E-state index contributed by atoms with van der Waals surface area (Å²) in [5.74, 6) is 0.464. The van der Waals surface area contributed by atoms with Gasteiger partial charge in [0.1, 0.15) is 5.38 Å². The maximum Gasteiger partial charge on any atom is 0.256 e. The molecule has 2 heterocycles. The molecule has 2 saturated heterocycles. The van der Waals surface area contributed by atoms with Crippen LogP contribution >= 0.6 is 11.6 Å². The Morgan fingerprint density at radius 2 is 1.68 bits per heavy atom. The fraction of sp³-hybridized carbons (Fsp3) is 0.440. The summed E-state index contributed by atoms with van der Waals surface area (Å²) in [6, 6.07) is 14.9. The van der Waals surface area contributed by atoms with Crippen molar-refractivity contribution >= 4 is 34.8 Å². The third-order valence-electron chi connectivity index (χ3n) is 6.33. The van der Waals surface area contributed by atoms with Crippen molar-refractivity contribution in [3.8, 4) is 0 Å². The Morgan fingerprint density at radius 3 is 2.35 bits per heavy atom. The van der Waals surface area contributed by atoms with Crippen molar-refractivity contribution < 1.29 is 9.59 Å². The monoisotopic (exact) mass is 439 g/mol. The zero-order chi connectivity index (χ0) is 21.8. The number of anilines is 2. The lowest BCUT2D eigenvalue weighted by Crippen LogP contribution is -2.35. The minimum Gasteiger partial charge on any atom is -0.371 e. The molecule has 0 spiro atoms. The van der Waals surface area contributed by atoms with Crippen LogP contribution in [-0.4, -0.2) is 42.9 Å². The number of hydrogen-bond donors (Lipinski definition) is 1. The molecule has 164 valence electrons. The number of nitrogens with one attached hydrogen (secondary N) is 1. The van der Waals surface area contributed by atoms with E-state index in [0.29, 0.717) is 17.2 Å². The van der Waals surface area contributed by atoms with Crippen LogP contribution in [0.15, 0.2) is 48.5 Å². The number of nitrogens with zero attached hydrogens (tertiary/aromatic N) is 2. The lowest BCUT2D eigenvalue weighted by Gasteiger charge is -2.34. The molecule has 1 atom stereocenters. The van der Waals surface area contributed by atoms with Gasteiger partial charge >= 0.3 is 0 Å². The molecule has 2 aromatic carbocycles. The number of carbonyl (C=O) groups is 2. The highest BCUT2D eigenvalue weighted by molar-refractivity contribution is 6.32. The SMILES string of the molecule is CC1CCN(c2ccc(NC(=O)C(Cl)c3ccccc3)cc2C(=O)N2CCCC2)CC1. The Kier molecular flexibility index (Phi) is 6.81. The highest BCUT2D eigenvalue weighted by Crippen LogP contribution is 2.31.